The van der Waals surface area contributed by atoms with Crippen LogP contribution in [0.4, 0.5) is 4.39 Å². The van der Waals surface area contributed by atoms with Crippen LogP contribution in [-0.2, 0) is 11.3 Å². The Balaban J connectivity index is 1.76. The number of carbonyl (C=O) groups excluding carboxylic acids is 1. The summed E-state index contributed by atoms with van der Waals surface area (Å²) in [5.74, 6) is -0.278. The van der Waals surface area contributed by atoms with Gasteiger partial charge in [-0.1, -0.05) is 11.3 Å². The van der Waals surface area contributed by atoms with Gasteiger partial charge in [-0.25, -0.2) is 9.07 Å². The molecule has 0 spiro atoms. The van der Waals surface area contributed by atoms with Crippen LogP contribution in [0.2, 0.25) is 0 Å². The largest absolute Gasteiger partial charge is 0.494 e. The normalized spacial score (nSPS) is 11.2. The highest BCUT2D eigenvalue weighted by atomic mass is 19.1. The number of aromatic hydroxyl groups is 1. The number of fused-ring (bicyclic) bond motifs is 1. The number of ketones is 1. The van der Waals surface area contributed by atoms with Crippen LogP contribution in [0.25, 0.3) is 27.7 Å². The van der Waals surface area contributed by atoms with E-state index in [4.69, 9.17) is 0 Å². The number of hydrogen-bond donors (Lipinski definition) is 1. The van der Waals surface area contributed by atoms with Crippen molar-refractivity contribution in [3.63, 3.8) is 0 Å². The van der Waals surface area contributed by atoms with Gasteiger partial charge in [-0.3, -0.25) is 4.79 Å². The summed E-state index contributed by atoms with van der Waals surface area (Å²) >= 11 is 0. The van der Waals surface area contributed by atoms with Gasteiger partial charge in [0, 0.05) is 22.5 Å². The molecular weight excluding hydrogens is 347 g/mol. The van der Waals surface area contributed by atoms with Gasteiger partial charge in [0.25, 0.3) is 0 Å². The SMILES string of the molecule is CC(=O)Cn1cc2cc(-c3nnn(-c4ccc(F)cc4)c3C)ccc2c1O. The summed E-state index contributed by atoms with van der Waals surface area (Å²) in [6.45, 7) is 3.49. The molecule has 0 aliphatic carbocycles. The molecule has 2 heterocycles. The summed E-state index contributed by atoms with van der Waals surface area (Å²) in [5, 5.41) is 20.2. The number of benzene rings is 2. The Morgan fingerprint density at radius 1 is 1.19 bits per heavy atom. The average molecular weight is 364 g/mol. The molecule has 0 saturated carbocycles. The average Bonchev–Trinajstić information content (AvgIpc) is 3.16. The number of nitrogens with zero attached hydrogens (tertiary/aromatic N) is 4. The molecule has 2 aromatic carbocycles. The van der Waals surface area contributed by atoms with Gasteiger partial charge in [0.1, 0.15) is 17.3 Å². The molecule has 6 nitrogen and oxygen atoms in total. The van der Waals surface area contributed by atoms with Crippen LogP contribution in [-0.4, -0.2) is 30.5 Å². The standard InChI is InChI=1S/C20H17FN4O2/c1-12(26)10-24-11-15-9-14(3-8-18(15)20(24)27)19-13(2)25(23-22-19)17-6-4-16(21)5-7-17/h3-9,11,27H,10H2,1-2H3. The van der Waals surface area contributed by atoms with E-state index in [2.05, 4.69) is 10.3 Å². The lowest BCUT2D eigenvalue weighted by atomic mass is 10.1. The fourth-order valence-electron chi connectivity index (χ4n) is 3.19. The van der Waals surface area contributed by atoms with E-state index in [9.17, 15) is 14.3 Å². The predicted molar refractivity (Wildman–Crippen MR) is 99.3 cm³/mol. The molecule has 0 amide bonds. The molecule has 0 fully saturated rings. The fourth-order valence-corrected chi connectivity index (χ4v) is 3.19. The van der Waals surface area contributed by atoms with E-state index in [1.165, 1.54) is 23.6 Å². The molecule has 1 N–H and O–H groups in total. The van der Waals surface area contributed by atoms with Crippen molar-refractivity contribution in [1.29, 1.82) is 0 Å². The summed E-state index contributed by atoms with van der Waals surface area (Å²) in [6.07, 6.45) is 1.75. The van der Waals surface area contributed by atoms with Crippen molar-refractivity contribution >= 4 is 16.6 Å². The van der Waals surface area contributed by atoms with Crippen LogP contribution >= 0.6 is 0 Å². The third-order valence-electron chi connectivity index (χ3n) is 4.49. The van der Waals surface area contributed by atoms with Crippen molar-refractivity contribution in [1.82, 2.24) is 19.6 Å². The third kappa shape index (κ3) is 2.97. The Bertz CT molecular complexity index is 1160. The number of Topliss-reactive ketones (excluding diaryl/α,β-unsaturated/α-hetero) is 1. The van der Waals surface area contributed by atoms with Crippen molar-refractivity contribution < 1.29 is 14.3 Å². The summed E-state index contributed by atoms with van der Waals surface area (Å²) in [6, 6.07) is 11.6. The Kier molecular flexibility index (Phi) is 3.99. The monoisotopic (exact) mass is 364 g/mol. The van der Waals surface area contributed by atoms with E-state index in [1.807, 2.05) is 19.1 Å². The first-order valence-corrected chi connectivity index (χ1v) is 8.44. The molecule has 4 rings (SSSR count). The van der Waals surface area contributed by atoms with Crippen LogP contribution in [0.3, 0.4) is 0 Å². The molecule has 7 heteroatoms. The lowest BCUT2D eigenvalue weighted by Crippen LogP contribution is -2.03. The first kappa shape index (κ1) is 17.0. The lowest BCUT2D eigenvalue weighted by molar-refractivity contribution is -0.117. The molecule has 0 atom stereocenters. The van der Waals surface area contributed by atoms with Crippen LogP contribution in [0.15, 0.2) is 48.7 Å². The highest BCUT2D eigenvalue weighted by Gasteiger charge is 2.15. The highest BCUT2D eigenvalue weighted by Crippen LogP contribution is 2.32. The molecule has 27 heavy (non-hydrogen) atoms. The van der Waals surface area contributed by atoms with Gasteiger partial charge in [0.15, 0.2) is 5.88 Å². The molecule has 0 saturated heterocycles. The number of hydrogen-bond acceptors (Lipinski definition) is 4. The zero-order valence-electron chi connectivity index (χ0n) is 14.8. The fraction of sp³-hybridized carbons (Fsp3) is 0.150. The Morgan fingerprint density at radius 3 is 2.63 bits per heavy atom. The molecule has 0 aliphatic rings. The van der Waals surface area contributed by atoms with Gasteiger partial charge in [0.2, 0.25) is 0 Å². The Morgan fingerprint density at radius 2 is 1.93 bits per heavy atom. The van der Waals surface area contributed by atoms with E-state index >= 15 is 0 Å². The molecule has 2 aromatic heterocycles. The van der Waals surface area contributed by atoms with Gasteiger partial charge in [-0.05, 0) is 50.2 Å². The number of halogens is 1. The van der Waals surface area contributed by atoms with Gasteiger partial charge < -0.3 is 9.67 Å². The zero-order chi connectivity index (χ0) is 19.1. The molecule has 0 unspecified atom stereocenters. The first-order chi connectivity index (χ1) is 12.9. The summed E-state index contributed by atoms with van der Waals surface area (Å²) in [5.41, 5.74) is 3.07. The number of rotatable bonds is 4. The van der Waals surface area contributed by atoms with E-state index in [-0.39, 0.29) is 24.0 Å². The van der Waals surface area contributed by atoms with Gasteiger partial charge in [-0.2, -0.15) is 0 Å². The predicted octanol–water partition coefficient (Wildman–Crippen LogP) is 3.63. The third-order valence-corrected chi connectivity index (χ3v) is 4.49. The molecule has 136 valence electrons. The van der Waals surface area contributed by atoms with E-state index in [1.54, 1.807) is 29.1 Å². The topological polar surface area (TPSA) is 72.9 Å². The molecular formula is C20H17FN4O2. The lowest BCUT2D eigenvalue weighted by Gasteiger charge is -2.04. The Labute approximate surface area is 154 Å². The van der Waals surface area contributed by atoms with Crippen LogP contribution in [0.5, 0.6) is 5.88 Å². The van der Waals surface area contributed by atoms with Crippen molar-refractivity contribution in [3.8, 4) is 22.8 Å². The summed E-state index contributed by atoms with van der Waals surface area (Å²) < 4.78 is 16.3. The molecule has 0 radical (unpaired) electrons. The second-order valence-electron chi connectivity index (χ2n) is 6.50. The smallest absolute Gasteiger partial charge is 0.199 e. The van der Waals surface area contributed by atoms with Crippen molar-refractivity contribution in [2.45, 2.75) is 20.4 Å². The van der Waals surface area contributed by atoms with Gasteiger partial charge >= 0.3 is 0 Å². The minimum absolute atomic E-state index is 0.0380. The molecule has 0 bridgehead atoms. The minimum Gasteiger partial charge on any atom is -0.494 e. The van der Waals surface area contributed by atoms with Crippen molar-refractivity contribution in [2.75, 3.05) is 0 Å². The second kappa shape index (κ2) is 6.35. The summed E-state index contributed by atoms with van der Waals surface area (Å²) in [4.78, 5) is 11.4. The van der Waals surface area contributed by atoms with E-state index < -0.39 is 0 Å². The van der Waals surface area contributed by atoms with Gasteiger partial charge in [0.05, 0.1) is 17.9 Å². The maximum Gasteiger partial charge on any atom is 0.199 e. The van der Waals surface area contributed by atoms with E-state index in [0.29, 0.717) is 11.1 Å². The highest BCUT2D eigenvalue weighted by molar-refractivity contribution is 5.92. The maximum atomic E-state index is 13.1. The quantitative estimate of drug-likeness (QED) is 0.600. The summed E-state index contributed by atoms with van der Waals surface area (Å²) in [7, 11) is 0. The second-order valence-corrected chi connectivity index (χ2v) is 6.50. The van der Waals surface area contributed by atoms with Crippen LogP contribution in [0, 0.1) is 12.7 Å². The van der Waals surface area contributed by atoms with Crippen molar-refractivity contribution in [2.24, 2.45) is 0 Å². The molecule has 0 aliphatic heterocycles. The zero-order valence-corrected chi connectivity index (χ0v) is 14.8. The molecule has 4 aromatic rings. The first-order valence-electron chi connectivity index (χ1n) is 8.44. The number of carbonyl (C=O) groups is 1. The Hall–Kier alpha value is -3.48. The van der Waals surface area contributed by atoms with Crippen LogP contribution < -0.4 is 0 Å². The van der Waals surface area contributed by atoms with Crippen LogP contribution in [0.1, 0.15) is 12.6 Å². The maximum absolute atomic E-state index is 13.1. The van der Waals surface area contributed by atoms with Crippen molar-refractivity contribution in [3.05, 3.63) is 60.2 Å². The minimum atomic E-state index is -0.308. The number of aromatic nitrogens is 4. The van der Waals surface area contributed by atoms with E-state index in [0.717, 1.165) is 22.3 Å². The van der Waals surface area contributed by atoms with Gasteiger partial charge in [-0.15, -0.1) is 5.10 Å².